The Morgan fingerprint density at radius 1 is 0.897 bits per heavy atom. The summed E-state index contributed by atoms with van der Waals surface area (Å²) in [5.41, 5.74) is 3.94. The molecule has 3 aromatic carbocycles. The first kappa shape index (κ1) is 17.4. The molecule has 0 radical (unpaired) electrons. The van der Waals surface area contributed by atoms with Crippen LogP contribution in [0.25, 0.3) is 16.6 Å². The molecule has 1 unspecified atom stereocenters. The second-order valence-corrected chi connectivity index (χ2v) is 7.38. The number of benzene rings is 3. The Balaban J connectivity index is 1.89. The molecule has 0 aliphatic carbocycles. The van der Waals surface area contributed by atoms with Crippen LogP contribution in [0.5, 0.6) is 5.75 Å². The van der Waals surface area contributed by atoms with Gasteiger partial charge >= 0.3 is 5.97 Å². The van der Waals surface area contributed by atoms with Crippen LogP contribution in [0.15, 0.2) is 83.7 Å². The number of pyridine rings is 1. The summed E-state index contributed by atoms with van der Waals surface area (Å²) in [5.74, 6) is -0.259. The maximum Gasteiger partial charge on any atom is 0.312 e. The van der Waals surface area contributed by atoms with E-state index in [0.717, 1.165) is 27.7 Å². The standard InChI is InChI=1S/C25H19NO3/c1-16-8-7-9-17(14-16)20-15-22(27)29-24-19-12-5-6-13-21(19)26(25(28)23(20)24)18-10-3-2-4-11-18/h2-14,20H,15H2,1H3. The molecule has 1 aliphatic heterocycles. The third-order valence-electron chi connectivity index (χ3n) is 5.46. The highest BCUT2D eigenvalue weighted by atomic mass is 16.5. The van der Waals surface area contributed by atoms with Gasteiger partial charge in [-0.25, -0.2) is 0 Å². The molecule has 0 saturated heterocycles. The van der Waals surface area contributed by atoms with Crippen LogP contribution >= 0.6 is 0 Å². The van der Waals surface area contributed by atoms with Gasteiger partial charge in [-0.3, -0.25) is 14.2 Å². The van der Waals surface area contributed by atoms with Crippen molar-refractivity contribution >= 4 is 16.9 Å². The minimum Gasteiger partial charge on any atom is -0.425 e. The molecule has 1 aromatic heterocycles. The van der Waals surface area contributed by atoms with Crippen LogP contribution in [0, 0.1) is 6.92 Å². The smallest absolute Gasteiger partial charge is 0.312 e. The molecule has 0 bridgehead atoms. The van der Waals surface area contributed by atoms with Gasteiger partial charge in [-0.2, -0.15) is 0 Å². The first-order valence-electron chi connectivity index (χ1n) is 9.64. The summed E-state index contributed by atoms with van der Waals surface area (Å²) < 4.78 is 7.36. The molecule has 0 N–H and O–H groups in total. The van der Waals surface area contributed by atoms with Crippen molar-refractivity contribution in [2.45, 2.75) is 19.3 Å². The van der Waals surface area contributed by atoms with Crippen LogP contribution in [0.3, 0.4) is 0 Å². The highest BCUT2D eigenvalue weighted by molar-refractivity contribution is 5.92. The maximum absolute atomic E-state index is 13.8. The van der Waals surface area contributed by atoms with Crippen molar-refractivity contribution in [3.05, 3.63) is 106 Å². The number of aryl methyl sites for hydroxylation is 1. The molecule has 0 spiro atoms. The summed E-state index contributed by atoms with van der Waals surface area (Å²) in [7, 11) is 0. The number of nitrogens with zero attached hydrogens (tertiary/aromatic N) is 1. The maximum atomic E-state index is 13.8. The number of rotatable bonds is 2. The van der Waals surface area contributed by atoms with Crippen LogP contribution in [0.1, 0.15) is 29.0 Å². The first-order chi connectivity index (χ1) is 14.1. The van der Waals surface area contributed by atoms with Crippen LogP contribution in [0.2, 0.25) is 0 Å². The second kappa shape index (κ2) is 6.74. The van der Waals surface area contributed by atoms with E-state index in [2.05, 4.69) is 0 Å². The van der Waals surface area contributed by atoms with Gasteiger partial charge in [0.1, 0.15) is 5.75 Å². The molecule has 0 fully saturated rings. The third-order valence-corrected chi connectivity index (χ3v) is 5.46. The van der Waals surface area contributed by atoms with Gasteiger partial charge < -0.3 is 4.74 Å². The van der Waals surface area contributed by atoms with E-state index in [0.29, 0.717) is 11.3 Å². The number of esters is 1. The monoisotopic (exact) mass is 381 g/mol. The number of hydrogen-bond donors (Lipinski definition) is 0. The van der Waals surface area contributed by atoms with Crippen molar-refractivity contribution in [1.29, 1.82) is 0 Å². The zero-order chi connectivity index (χ0) is 20.0. The Morgan fingerprint density at radius 3 is 2.45 bits per heavy atom. The molecule has 1 aliphatic rings. The predicted molar refractivity (Wildman–Crippen MR) is 113 cm³/mol. The highest BCUT2D eigenvalue weighted by Crippen LogP contribution is 2.41. The fraction of sp³-hybridized carbons (Fsp3) is 0.120. The van der Waals surface area contributed by atoms with Gasteiger partial charge in [0.2, 0.25) is 0 Å². The Bertz CT molecular complexity index is 1300. The molecule has 0 saturated carbocycles. The van der Waals surface area contributed by atoms with Gasteiger partial charge in [-0.05, 0) is 36.8 Å². The van der Waals surface area contributed by atoms with Crippen LogP contribution < -0.4 is 10.3 Å². The van der Waals surface area contributed by atoms with Crippen LogP contribution in [-0.2, 0) is 4.79 Å². The van der Waals surface area contributed by atoms with E-state index in [1.807, 2.05) is 85.8 Å². The number of fused-ring (bicyclic) bond motifs is 3. The Morgan fingerprint density at radius 2 is 1.66 bits per heavy atom. The summed E-state index contributed by atoms with van der Waals surface area (Å²) >= 11 is 0. The van der Waals surface area contributed by atoms with E-state index in [1.165, 1.54) is 0 Å². The topological polar surface area (TPSA) is 48.3 Å². The summed E-state index contributed by atoms with van der Waals surface area (Å²) in [6, 6.07) is 25.1. The van der Waals surface area contributed by atoms with E-state index >= 15 is 0 Å². The summed E-state index contributed by atoms with van der Waals surface area (Å²) in [6.07, 6.45) is 0.152. The molecule has 1 atom stereocenters. The molecular formula is C25H19NO3. The van der Waals surface area contributed by atoms with Crippen molar-refractivity contribution in [2.75, 3.05) is 0 Å². The van der Waals surface area contributed by atoms with Gasteiger partial charge in [0.05, 0.1) is 17.5 Å². The SMILES string of the molecule is Cc1cccc(C2CC(=O)Oc3c2c(=O)n(-c2ccccc2)c2ccccc32)c1. The van der Waals surface area contributed by atoms with Crippen molar-refractivity contribution in [2.24, 2.45) is 0 Å². The summed E-state index contributed by atoms with van der Waals surface area (Å²) in [6.45, 7) is 2.01. The molecule has 29 heavy (non-hydrogen) atoms. The Labute approximate surface area is 168 Å². The van der Waals surface area contributed by atoms with Gasteiger partial charge in [0, 0.05) is 17.0 Å². The Hall–Kier alpha value is -3.66. The molecular weight excluding hydrogens is 362 g/mol. The second-order valence-electron chi connectivity index (χ2n) is 7.38. The van der Waals surface area contributed by atoms with Gasteiger partial charge in [-0.15, -0.1) is 0 Å². The first-order valence-corrected chi connectivity index (χ1v) is 9.64. The molecule has 0 amide bonds. The highest BCUT2D eigenvalue weighted by Gasteiger charge is 2.34. The van der Waals surface area contributed by atoms with E-state index in [-0.39, 0.29) is 23.9 Å². The quantitative estimate of drug-likeness (QED) is 0.471. The van der Waals surface area contributed by atoms with Gasteiger partial charge in [0.15, 0.2) is 0 Å². The molecule has 4 nitrogen and oxygen atoms in total. The predicted octanol–water partition coefficient (Wildman–Crippen LogP) is 4.74. The van der Waals surface area contributed by atoms with Crippen molar-refractivity contribution in [3.8, 4) is 11.4 Å². The summed E-state index contributed by atoms with van der Waals surface area (Å²) in [5, 5.41) is 0.761. The molecule has 4 aromatic rings. The number of para-hydroxylation sites is 2. The molecule has 4 heteroatoms. The molecule has 142 valence electrons. The largest absolute Gasteiger partial charge is 0.425 e. The molecule has 5 rings (SSSR count). The fourth-order valence-corrected chi connectivity index (χ4v) is 4.18. The lowest BCUT2D eigenvalue weighted by atomic mass is 9.85. The lowest BCUT2D eigenvalue weighted by Crippen LogP contribution is -2.32. The Kier molecular flexibility index (Phi) is 4.06. The van der Waals surface area contributed by atoms with E-state index in [9.17, 15) is 9.59 Å². The van der Waals surface area contributed by atoms with Crippen molar-refractivity contribution < 1.29 is 9.53 Å². The third kappa shape index (κ3) is 2.85. The van der Waals surface area contributed by atoms with Gasteiger partial charge in [0.25, 0.3) is 5.56 Å². The molecule has 2 heterocycles. The number of hydrogen-bond acceptors (Lipinski definition) is 3. The average molecular weight is 381 g/mol. The van der Waals surface area contributed by atoms with Crippen molar-refractivity contribution in [1.82, 2.24) is 4.57 Å². The lowest BCUT2D eigenvalue weighted by Gasteiger charge is -2.27. The summed E-state index contributed by atoms with van der Waals surface area (Å²) in [4.78, 5) is 26.2. The van der Waals surface area contributed by atoms with E-state index in [1.54, 1.807) is 4.57 Å². The van der Waals surface area contributed by atoms with Crippen LogP contribution in [-0.4, -0.2) is 10.5 Å². The number of carbonyl (C=O) groups excluding carboxylic acids is 1. The number of aromatic nitrogens is 1. The average Bonchev–Trinajstić information content (AvgIpc) is 2.74. The number of ether oxygens (including phenoxy) is 1. The lowest BCUT2D eigenvalue weighted by molar-refractivity contribution is -0.135. The van der Waals surface area contributed by atoms with E-state index < -0.39 is 0 Å². The van der Waals surface area contributed by atoms with E-state index in [4.69, 9.17) is 4.74 Å². The minimum atomic E-state index is -0.335. The number of carbonyl (C=O) groups is 1. The fourth-order valence-electron chi connectivity index (χ4n) is 4.18. The van der Waals surface area contributed by atoms with Crippen molar-refractivity contribution in [3.63, 3.8) is 0 Å². The minimum absolute atomic E-state index is 0.149. The van der Waals surface area contributed by atoms with Crippen LogP contribution in [0.4, 0.5) is 0 Å². The zero-order valence-electron chi connectivity index (χ0n) is 16.0. The zero-order valence-corrected chi connectivity index (χ0v) is 16.0. The normalized spacial score (nSPS) is 15.8. The van der Waals surface area contributed by atoms with Gasteiger partial charge in [-0.1, -0.05) is 60.2 Å².